The second-order valence-corrected chi connectivity index (χ2v) is 7.53. The smallest absolute Gasteiger partial charge is 0.326 e. The first-order valence-corrected chi connectivity index (χ1v) is 8.82. The van der Waals surface area contributed by atoms with Crippen molar-refractivity contribution in [1.82, 2.24) is 5.32 Å². The van der Waals surface area contributed by atoms with E-state index in [2.05, 4.69) is 5.32 Å². The van der Waals surface area contributed by atoms with E-state index >= 15 is 0 Å². The van der Waals surface area contributed by atoms with Crippen LogP contribution in [0.15, 0.2) is 17.0 Å². The normalized spacial score (nSPS) is 16.0. The molecule has 0 spiro atoms. The number of carboxylic acids is 1. The fourth-order valence-corrected chi connectivity index (χ4v) is 3.28. The largest absolute Gasteiger partial charge is 0.480 e. The lowest BCUT2D eigenvalue weighted by Crippen LogP contribution is -2.41. The second-order valence-electron chi connectivity index (χ2n) is 6.00. The number of sulfonamides is 1. The lowest BCUT2D eigenvalue weighted by Gasteiger charge is -2.15. The molecule has 0 aromatic heterocycles. The standard InChI is InChI=1S/C15H20N2O5S/c1-8-5-11(7-13(9(8)2)23(16,21)22)14(18)17-12(15(19)20)6-10-3-4-10/h5,7,10,12H,3-4,6H2,1-2H3,(H,17,18)(H,19,20)(H2,16,21,22). The van der Waals surface area contributed by atoms with Gasteiger partial charge in [0, 0.05) is 5.56 Å². The van der Waals surface area contributed by atoms with Crippen molar-refractivity contribution < 1.29 is 23.1 Å². The lowest BCUT2D eigenvalue weighted by molar-refractivity contribution is -0.139. The maximum Gasteiger partial charge on any atom is 0.326 e. The van der Waals surface area contributed by atoms with Gasteiger partial charge in [0.15, 0.2) is 0 Å². The number of nitrogens with two attached hydrogens (primary N) is 1. The van der Waals surface area contributed by atoms with Crippen LogP contribution in [-0.4, -0.2) is 31.4 Å². The highest BCUT2D eigenvalue weighted by molar-refractivity contribution is 7.89. The van der Waals surface area contributed by atoms with Crippen molar-refractivity contribution in [1.29, 1.82) is 0 Å². The highest BCUT2D eigenvalue weighted by Gasteiger charge is 2.30. The molecule has 1 aromatic rings. The maximum absolute atomic E-state index is 12.3. The van der Waals surface area contributed by atoms with E-state index in [1.165, 1.54) is 12.1 Å². The lowest BCUT2D eigenvalue weighted by atomic mass is 10.0. The maximum atomic E-state index is 12.3. The molecule has 126 valence electrons. The number of nitrogens with one attached hydrogen (secondary N) is 1. The molecule has 23 heavy (non-hydrogen) atoms. The minimum atomic E-state index is -3.96. The molecule has 0 bridgehead atoms. The highest BCUT2D eigenvalue weighted by Crippen LogP contribution is 2.33. The first-order valence-electron chi connectivity index (χ1n) is 7.27. The Morgan fingerprint density at radius 2 is 1.96 bits per heavy atom. The SMILES string of the molecule is Cc1cc(C(=O)NC(CC2CC2)C(=O)O)cc(S(N)(=O)=O)c1C. The van der Waals surface area contributed by atoms with Crippen LogP contribution in [-0.2, 0) is 14.8 Å². The summed E-state index contributed by atoms with van der Waals surface area (Å²) < 4.78 is 23.2. The molecule has 1 saturated carbocycles. The van der Waals surface area contributed by atoms with Crippen molar-refractivity contribution >= 4 is 21.9 Å². The van der Waals surface area contributed by atoms with Gasteiger partial charge in [0.05, 0.1) is 4.90 Å². The van der Waals surface area contributed by atoms with Gasteiger partial charge in [-0.25, -0.2) is 18.4 Å². The summed E-state index contributed by atoms with van der Waals surface area (Å²) in [6, 6.07) is 1.73. The van der Waals surface area contributed by atoms with Gasteiger partial charge in [-0.2, -0.15) is 0 Å². The van der Waals surface area contributed by atoms with Crippen LogP contribution in [0, 0.1) is 19.8 Å². The number of primary sulfonamides is 1. The summed E-state index contributed by atoms with van der Waals surface area (Å²) in [5.41, 5.74) is 1.15. The fourth-order valence-electron chi connectivity index (χ4n) is 2.40. The van der Waals surface area contributed by atoms with E-state index in [-0.39, 0.29) is 10.5 Å². The minimum Gasteiger partial charge on any atom is -0.480 e. The molecule has 2 rings (SSSR count). The quantitative estimate of drug-likeness (QED) is 0.710. The molecule has 0 heterocycles. The van der Waals surface area contributed by atoms with E-state index in [0.717, 1.165) is 12.8 Å². The first kappa shape index (κ1) is 17.4. The molecule has 1 amide bonds. The number of aliphatic carboxylic acids is 1. The van der Waals surface area contributed by atoms with Crippen LogP contribution in [0.25, 0.3) is 0 Å². The third-order valence-electron chi connectivity index (χ3n) is 4.06. The predicted octanol–water partition coefficient (Wildman–Crippen LogP) is 0.934. The summed E-state index contributed by atoms with van der Waals surface area (Å²) in [6.45, 7) is 3.27. The van der Waals surface area contributed by atoms with E-state index in [4.69, 9.17) is 5.14 Å². The molecule has 1 aliphatic carbocycles. The Labute approximate surface area is 134 Å². The number of carboxylic acid groups (broad SMARTS) is 1. The predicted molar refractivity (Wildman–Crippen MR) is 83.5 cm³/mol. The number of benzene rings is 1. The summed E-state index contributed by atoms with van der Waals surface area (Å²) in [5.74, 6) is -1.39. The van der Waals surface area contributed by atoms with E-state index in [0.29, 0.717) is 23.5 Å². The first-order chi connectivity index (χ1) is 10.6. The van der Waals surface area contributed by atoms with Gasteiger partial charge in [-0.15, -0.1) is 0 Å². The molecule has 1 fully saturated rings. The average molecular weight is 340 g/mol. The third-order valence-corrected chi connectivity index (χ3v) is 5.09. The van der Waals surface area contributed by atoms with Crippen LogP contribution in [0.1, 0.15) is 40.7 Å². The molecule has 0 aliphatic heterocycles. The van der Waals surface area contributed by atoms with Gasteiger partial charge in [-0.1, -0.05) is 12.8 Å². The molecule has 7 nitrogen and oxygen atoms in total. The molecule has 1 aliphatic rings. The van der Waals surface area contributed by atoms with E-state index in [1.807, 2.05) is 0 Å². The summed E-state index contributed by atoms with van der Waals surface area (Å²) in [7, 11) is -3.96. The number of amides is 1. The number of carbonyl (C=O) groups excluding carboxylic acids is 1. The van der Waals surface area contributed by atoms with Crippen molar-refractivity contribution in [2.45, 2.75) is 44.0 Å². The second kappa shape index (κ2) is 6.29. The highest BCUT2D eigenvalue weighted by atomic mass is 32.2. The van der Waals surface area contributed by atoms with Gasteiger partial charge in [0.25, 0.3) is 5.91 Å². The van der Waals surface area contributed by atoms with Crippen LogP contribution in [0.4, 0.5) is 0 Å². The van der Waals surface area contributed by atoms with Crippen molar-refractivity contribution in [2.24, 2.45) is 11.1 Å². The van der Waals surface area contributed by atoms with Gasteiger partial charge >= 0.3 is 5.97 Å². The summed E-state index contributed by atoms with van der Waals surface area (Å²) in [5, 5.41) is 16.8. The molecule has 4 N–H and O–H groups in total. The molecule has 1 aromatic carbocycles. The van der Waals surface area contributed by atoms with E-state index < -0.39 is 27.9 Å². The molecule has 1 unspecified atom stereocenters. The number of aryl methyl sites for hydroxylation is 1. The molecule has 1 atom stereocenters. The molecule has 8 heteroatoms. The van der Waals surface area contributed by atoms with Crippen molar-refractivity contribution in [2.75, 3.05) is 0 Å². The summed E-state index contributed by atoms with van der Waals surface area (Å²) in [6.07, 6.45) is 2.33. The molecular formula is C15H20N2O5S. The minimum absolute atomic E-state index is 0.0826. The number of hydrogen-bond acceptors (Lipinski definition) is 4. The van der Waals surface area contributed by atoms with Gasteiger partial charge in [-0.3, -0.25) is 4.79 Å². The van der Waals surface area contributed by atoms with Gasteiger partial charge < -0.3 is 10.4 Å². The van der Waals surface area contributed by atoms with Crippen molar-refractivity contribution in [3.8, 4) is 0 Å². The Bertz CT molecular complexity index is 753. The van der Waals surface area contributed by atoms with Gasteiger partial charge in [0.2, 0.25) is 10.0 Å². The van der Waals surface area contributed by atoms with Crippen LogP contribution >= 0.6 is 0 Å². The Kier molecular flexibility index (Phi) is 4.76. The molecule has 0 radical (unpaired) electrons. The van der Waals surface area contributed by atoms with Crippen LogP contribution < -0.4 is 10.5 Å². The zero-order valence-electron chi connectivity index (χ0n) is 13.0. The Morgan fingerprint density at radius 1 is 1.35 bits per heavy atom. The average Bonchev–Trinajstić information content (AvgIpc) is 3.23. The number of rotatable bonds is 6. The zero-order valence-corrected chi connectivity index (χ0v) is 13.8. The van der Waals surface area contributed by atoms with Crippen LogP contribution in [0.5, 0.6) is 0 Å². The van der Waals surface area contributed by atoms with Gasteiger partial charge in [0.1, 0.15) is 6.04 Å². The van der Waals surface area contributed by atoms with Gasteiger partial charge in [-0.05, 0) is 49.4 Å². The fraction of sp³-hybridized carbons (Fsp3) is 0.467. The van der Waals surface area contributed by atoms with Crippen molar-refractivity contribution in [3.05, 3.63) is 28.8 Å². The number of carbonyl (C=O) groups is 2. The van der Waals surface area contributed by atoms with E-state index in [1.54, 1.807) is 13.8 Å². The Morgan fingerprint density at radius 3 is 2.43 bits per heavy atom. The Hall–Kier alpha value is -1.93. The zero-order chi connectivity index (χ0) is 17.4. The Balaban J connectivity index is 2.28. The van der Waals surface area contributed by atoms with Crippen LogP contribution in [0.3, 0.4) is 0 Å². The van der Waals surface area contributed by atoms with Crippen molar-refractivity contribution in [3.63, 3.8) is 0 Å². The summed E-state index contributed by atoms with van der Waals surface area (Å²) >= 11 is 0. The third kappa shape index (κ3) is 4.29. The molecule has 0 saturated heterocycles. The number of hydrogen-bond donors (Lipinski definition) is 3. The monoisotopic (exact) mass is 340 g/mol. The molecular weight excluding hydrogens is 320 g/mol. The van der Waals surface area contributed by atoms with Crippen LogP contribution in [0.2, 0.25) is 0 Å². The van der Waals surface area contributed by atoms with E-state index in [9.17, 15) is 23.1 Å². The summed E-state index contributed by atoms with van der Waals surface area (Å²) in [4.78, 5) is 23.4. The topological polar surface area (TPSA) is 127 Å².